The highest BCUT2D eigenvalue weighted by atomic mass is 16.5. The molecule has 4 heteroatoms. The van der Waals surface area contributed by atoms with Crippen molar-refractivity contribution in [1.29, 1.82) is 0 Å². The zero-order valence-corrected chi connectivity index (χ0v) is 11.3. The number of hydrogen-bond acceptors (Lipinski definition) is 4. The number of anilines is 1. The number of ether oxygens (including phenoxy) is 1. The third kappa shape index (κ3) is 5.38. The lowest BCUT2D eigenvalue weighted by Crippen LogP contribution is -2.35. The number of nitrogens with zero attached hydrogens (tertiary/aromatic N) is 1. The molecule has 1 aromatic carbocycles. The average Bonchev–Trinajstić information content (AvgIpc) is 2.33. The van der Waals surface area contributed by atoms with Crippen molar-refractivity contribution < 1.29 is 9.84 Å². The van der Waals surface area contributed by atoms with E-state index in [9.17, 15) is 0 Å². The number of nitrogens with two attached hydrogens (primary N) is 1. The van der Waals surface area contributed by atoms with Gasteiger partial charge in [0.25, 0.3) is 0 Å². The Kier molecular flexibility index (Phi) is 6.54. The maximum atomic E-state index is 8.86. The highest BCUT2D eigenvalue weighted by Crippen LogP contribution is 2.14. The molecule has 0 saturated heterocycles. The molecule has 0 heterocycles. The molecule has 0 aliphatic heterocycles. The van der Waals surface area contributed by atoms with Gasteiger partial charge < -0.3 is 15.6 Å². The summed E-state index contributed by atoms with van der Waals surface area (Å²) in [6.45, 7) is 6.92. The second kappa shape index (κ2) is 7.95. The third-order valence-corrected chi connectivity index (χ3v) is 2.84. The molecule has 102 valence electrons. The normalized spacial score (nSPS) is 11.2. The van der Waals surface area contributed by atoms with E-state index in [1.165, 1.54) is 0 Å². The molecule has 0 unspecified atom stereocenters. The van der Waals surface area contributed by atoms with Crippen LogP contribution in [0.5, 0.6) is 5.75 Å². The van der Waals surface area contributed by atoms with Crippen molar-refractivity contribution in [3.63, 3.8) is 0 Å². The fourth-order valence-corrected chi connectivity index (χ4v) is 1.79. The van der Waals surface area contributed by atoms with Gasteiger partial charge in [0, 0.05) is 37.5 Å². The average molecular weight is 252 g/mol. The van der Waals surface area contributed by atoms with Crippen LogP contribution in [0.25, 0.3) is 0 Å². The van der Waals surface area contributed by atoms with Crippen molar-refractivity contribution in [1.82, 2.24) is 4.90 Å². The summed E-state index contributed by atoms with van der Waals surface area (Å²) in [5.74, 6) is 0.806. The van der Waals surface area contributed by atoms with Gasteiger partial charge in [0.15, 0.2) is 0 Å². The van der Waals surface area contributed by atoms with Gasteiger partial charge in [-0.05, 0) is 32.4 Å². The quantitative estimate of drug-likeness (QED) is 0.692. The third-order valence-electron chi connectivity index (χ3n) is 2.84. The molecule has 0 fully saturated rings. The van der Waals surface area contributed by atoms with Gasteiger partial charge in [-0.3, -0.25) is 4.90 Å². The first-order chi connectivity index (χ1) is 8.63. The summed E-state index contributed by atoms with van der Waals surface area (Å²) < 4.78 is 5.66. The molecule has 18 heavy (non-hydrogen) atoms. The number of nitrogen functional groups attached to an aromatic ring is 1. The molecule has 4 nitrogen and oxygen atoms in total. The standard InChI is InChI=1S/C14H24N2O2/c1-12(2)16(7-4-9-17)8-10-18-14-6-3-5-13(15)11-14/h3,5-6,11-12,17H,4,7-10,15H2,1-2H3. The molecule has 0 spiro atoms. The second-order valence-electron chi connectivity index (χ2n) is 4.63. The van der Waals surface area contributed by atoms with E-state index in [0.29, 0.717) is 18.3 Å². The van der Waals surface area contributed by atoms with Crippen molar-refractivity contribution in [3.8, 4) is 5.75 Å². The SMILES string of the molecule is CC(C)N(CCCO)CCOc1cccc(N)c1. The Labute approximate surface area is 109 Å². The first kappa shape index (κ1) is 14.8. The number of rotatable bonds is 8. The van der Waals surface area contributed by atoms with E-state index in [1.54, 1.807) is 0 Å². The van der Waals surface area contributed by atoms with E-state index in [-0.39, 0.29) is 6.61 Å². The smallest absolute Gasteiger partial charge is 0.121 e. The number of aliphatic hydroxyl groups is 1. The van der Waals surface area contributed by atoms with E-state index in [2.05, 4.69) is 18.7 Å². The lowest BCUT2D eigenvalue weighted by molar-refractivity contribution is 0.160. The summed E-state index contributed by atoms with van der Waals surface area (Å²) in [6, 6.07) is 7.92. The highest BCUT2D eigenvalue weighted by molar-refractivity contribution is 5.43. The lowest BCUT2D eigenvalue weighted by Gasteiger charge is -2.26. The first-order valence-corrected chi connectivity index (χ1v) is 6.46. The second-order valence-corrected chi connectivity index (χ2v) is 4.63. The van der Waals surface area contributed by atoms with Crippen molar-refractivity contribution in [2.75, 3.05) is 32.0 Å². The van der Waals surface area contributed by atoms with Crippen molar-refractivity contribution >= 4 is 5.69 Å². The minimum Gasteiger partial charge on any atom is -0.492 e. The van der Waals surface area contributed by atoms with Crippen LogP contribution >= 0.6 is 0 Å². The Balaban J connectivity index is 2.34. The van der Waals surface area contributed by atoms with Gasteiger partial charge in [-0.1, -0.05) is 6.07 Å². The van der Waals surface area contributed by atoms with E-state index in [0.717, 1.165) is 25.3 Å². The highest BCUT2D eigenvalue weighted by Gasteiger charge is 2.08. The number of aliphatic hydroxyl groups excluding tert-OH is 1. The van der Waals surface area contributed by atoms with Gasteiger partial charge in [0.2, 0.25) is 0 Å². The Hall–Kier alpha value is -1.26. The van der Waals surface area contributed by atoms with Crippen LogP contribution in [0.4, 0.5) is 5.69 Å². The number of benzene rings is 1. The van der Waals surface area contributed by atoms with Crippen LogP contribution in [-0.4, -0.2) is 42.4 Å². The van der Waals surface area contributed by atoms with Crippen LogP contribution in [0.3, 0.4) is 0 Å². The first-order valence-electron chi connectivity index (χ1n) is 6.46. The Morgan fingerprint density at radius 2 is 2.11 bits per heavy atom. The van der Waals surface area contributed by atoms with Gasteiger partial charge in [0.1, 0.15) is 12.4 Å². The van der Waals surface area contributed by atoms with Crippen LogP contribution < -0.4 is 10.5 Å². The minimum absolute atomic E-state index is 0.235. The molecule has 0 aliphatic rings. The van der Waals surface area contributed by atoms with Crippen LogP contribution in [-0.2, 0) is 0 Å². The Morgan fingerprint density at radius 1 is 1.33 bits per heavy atom. The maximum Gasteiger partial charge on any atom is 0.121 e. The largest absolute Gasteiger partial charge is 0.492 e. The molecule has 0 saturated carbocycles. The van der Waals surface area contributed by atoms with Gasteiger partial charge >= 0.3 is 0 Å². The summed E-state index contributed by atoms with van der Waals surface area (Å²) in [6.07, 6.45) is 0.802. The molecule has 3 N–H and O–H groups in total. The predicted octanol–water partition coefficient (Wildman–Crippen LogP) is 1.74. The fraction of sp³-hybridized carbons (Fsp3) is 0.571. The molecule has 1 aromatic rings. The molecular formula is C14H24N2O2. The molecule has 0 amide bonds. The summed E-state index contributed by atoms with van der Waals surface area (Å²) in [7, 11) is 0. The Morgan fingerprint density at radius 3 is 2.72 bits per heavy atom. The van der Waals surface area contributed by atoms with Crippen LogP contribution in [0.2, 0.25) is 0 Å². The van der Waals surface area contributed by atoms with Crippen LogP contribution in [0.15, 0.2) is 24.3 Å². The molecule has 0 aromatic heterocycles. The van der Waals surface area contributed by atoms with Crippen LogP contribution in [0.1, 0.15) is 20.3 Å². The minimum atomic E-state index is 0.235. The zero-order chi connectivity index (χ0) is 13.4. The van der Waals surface area contributed by atoms with Crippen molar-refractivity contribution in [2.24, 2.45) is 0 Å². The molecule has 1 rings (SSSR count). The molecular weight excluding hydrogens is 228 g/mol. The predicted molar refractivity (Wildman–Crippen MR) is 74.8 cm³/mol. The van der Waals surface area contributed by atoms with Gasteiger partial charge in [0.05, 0.1) is 0 Å². The van der Waals surface area contributed by atoms with E-state index < -0.39 is 0 Å². The molecule has 0 aliphatic carbocycles. The van der Waals surface area contributed by atoms with E-state index in [4.69, 9.17) is 15.6 Å². The monoisotopic (exact) mass is 252 g/mol. The number of hydrogen-bond donors (Lipinski definition) is 2. The topological polar surface area (TPSA) is 58.7 Å². The van der Waals surface area contributed by atoms with Gasteiger partial charge in [-0.2, -0.15) is 0 Å². The maximum absolute atomic E-state index is 8.86. The summed E-state index contributed by atoms with van der Waals surface area (Å²) in [5.41, 5.74) is 6.40. The molecule has 0 atom stereocenters. The molecule has 0 bridgehead atoms. The van der Waals surface area contributed by atoms with E-state index >= 15 is 0 Å². The van der Waals surface area contributed by atoms with Gasteiger partial charge in [-0.25, -0.2) is 0 Å². The zero-order valence-electron chi connectivity index (χ0n) is 11.3. The van der Waals surface area contributed by atoms with Crippen molar-refractivity contribution in [2.45, 2.75) is 26.3 Å². The van der Waals surface area contributed by atoms with Crippen LogP contribution in [0, 0.1) is 0 Å². The summed E-state index contributed by atoms with van der Waals surface area (Å²) in [5, 5.41) is 8.86. The van der Waals surface area contributed by atoms with Crippen molar-refractivity contribution in [3.05, 3.63) is 24.3 Å². The fourth-order valence-electron chi connectivity index (χ4n) is 1.79. The Bertz CT molecular complexity index is 342. The molecule has 0 radical (unpaired) electrons. The lowest BCUT2D eigenvalue weighted by atomic mass is 10.3. The van der Waals surface area contributed by atoms with E-state index in [1.807, 2.05) is 24.3 Å². The summed E-state index contributed by atoms with van der Waals surface area (Å²) >= 11 is 0. The van der Waals surface area contributed by atoms with Gasteiger partial charge in [-0.15, -0.1) is 0 Å². The summed E-state index contributed by atoms with van der Waals surface area (Å²) in [4.78, 5) is 2.29.